The fraction of sp³-hybridized carbons (Fsp3) is 0.391. The van der Waals surface area contributed by atoms with E-state index in [1.165, 1.54) is 6.20 Å². The van der Waals surface area contributed by atoms with Crippen molar-refractivity contribution in [3.8, 4) is 0 Å². The zero-order valence-corrected chi connectivity index (χ0v) is 21.0. The molecule has 0 spiro atoms. The van der Waals surface area contributed by atoms with Crippen LogP contribution >= 0.6 is 15.9 Å². The lowest BCUT2D eigenvalue weighted by Gasteiger charge is -2.18. The molecule has 2 heterocycles. The predicted molar refractivity (Wildman–Crippen MR) is 127 cm³/mol. The molecule has 9 nitrogen and oxygen atoms in total. The number of imidazole rings is 1. The number of nitrogens with two attached hydrogens (primary N) is 1. The first-order valence-electron chi connectivity index (χ1n) is 10.5. The molecule has 0 saturated heterocycles. The minimum absolute atomic E-state index is 0.0122. The topological polar surface area (TPSA) is 114 Å². The summed E-state index contributed by atoms with van der Waals surface area (Å²) in [7, 11) is 0. The molecule has 0 saturated carbocycles. The van der Waals surface area contributed by atoms with Gasteiger partial charge in [0.25, 0.3) is 0 Å². The van der Waals surface area contributed by atoms with E-state index in [-0.39, 0.29) is 24.7 Å². The Bertz CT molecular complexity index is 1180. The third-order valence-electron chi connectivity index (χ3n) is 4.68. The van der Waals surface area contributed by atoms with E-state index >= 15 is 0 Å². The Labute approximate surface area is 201 Å². The van der Waals surface area contributed by atoms with E-state index in [1.807, 2.05) is 35.9 Å². The molecule has 176 valence electrons. The van der Waals surface area contributed by atoms with Crippen molar-refractivity contribution < 1.29 is 19.1 Å². The first kappa shape index (κ1) is 24.5. The first-order chi connectivity index (χ1) is 15.5. The van der Waals surface area contributed by atoms with Gasteiger partial charge in [-0.15, -0.1) is 0 Å². The minimum Gasteiger partial charge on any atom is -0.460 e. The fourth-order valence-corrected chi connectivity index (χ4v) is 3.72. The summed E-state index contributed by atoms with van der Waals surface area (Å²) < 4.78 is 14.7. The van der Waals surface area contributed by atoms with Crippen LogP contribution in [0.25, 0.3) is 0 Å². The van der Waals surface area contributed by atoms with E-state index in [4.69, 9.17) is 15.2 Å². The molecule has 0 unspecified atom stereocenters. The van der Waals surface area contributed by atoms with Crippen LogP contribution in [0, 0.1) is 6.92 Å². The van der Waals surface area contributed by atoms with Crippen LogP contribution in [0.15, 0.2) is 35.1 Å². The second-order valence-corrected chi connectivity index (χ2v) is 9.41. The maximum atomic E-state index is 12.5. The monoisotopic (exact) mass is 517 g/mol. The van der Waals surface area contributed by atoms with Gasteiger partial charge >= 0.3 is 11.9 Å². The van der Waals surface area contributed by atoms with Crippen molar-refractivity contribution in [2.75, 3.05) is 12.3 Å². The summed E-state index contributed by atoms with van der Waals surface area (Å²) in [4.78, 5) is 29.1. The molecular weight excluding hydrogens is 490 g/mol. The van der Waals surface area contributed by atoms with Crippen LogP contribution in [0.2, 0.25) is 0 Å². The van der Waals surface area contributed by atoms with Crippen molar-refractivity contribution in [2.24, 2.45) is 0 Å². The lowest BCUT2D eigenvalue weighted by atomic mass is 10.1. The number of halogens is 1. The fourth-order valence-electron chi connectivity index (χ4n) is 3.20. The van der Waals surface area contributed by atoms with Crippen LogP contribution in [0.5, 0.6) is 0 Å². The number of benzene rings is 1. The second kappa shape index (κ2) is 9.78. The van der Waals surface area contributed by atoms with E-state index in [9.17, 15) is 9.59 Å². The number of aryl methyl sites for hydroxylation is 1. The normalized spacial score (nSPS) is 11.5. The van der Waals surface area contributed by atoms with Crippen molar-refractivity contribution in [1.29, 1.82) is 0 Å². The van der Waals surface area contributed by atoms with Crippen molar-refractivity contribution in [3.63, 3.8) is 0 Å². The molecule has 0 aliphatic heterocycles. The van der Waals surface area contributed by atoms with E-state index in [0.717, 1.165) is 21.4 Å². The van der Waals surface area contributed by atoms with Gasteiger partial charge in [-0.1, -0.05) is 12.1 Å². The Morgan fingerprint density at radius 3 is 2.45 bits per heavy atom. The highest BCUT2D eigenvalue weighted by Gasteiger charge is 2.25. The van der Waals surface area contributed by atoms with Crippen LogP contribution in [-0.2, 0) is 22.6 Å². The molecule has 3 aromatic rings. The van der Waals surface area contributed by atoms with Gasteiger partial charge in [0.1, 0.15) is 10.2 Å². The van der Waals surface area contributed by atoms with Gasteiger partial charge in [-0.25, -0.2) is 14.6 Å². The highest BCUT2D eigenvalue weighted by molar-refractivity contribution is 9.10. The van der Waals surface area contributed by atoms with E-state index in [0.29, 0.717) is 12.2 Å². The van der Waals surface area contributed by atoms with Gasteiger partial charge in [0, 0.05) is 17.6 Å². The lowest BCUT2D eigenvalue weighted by Crippen LogP contribution is -2.24. The third kappa shape index (κ3) is 6.22. The van der Waals surface area contributed by atoms with Crippen molar-refractivity contribution in [2.45, 2.75) is 53.3 Å². The third-order valence-corrected chi connectivity index (χ3v) is 5.06. The van der Waals surface area contributed by atoms with Gasteiger partial charge in [-0.3, -0.25) is 4.68 Å². The van der Waals surface area contributed by atoms with Gasteiger partial charge in [0.15, 0.2) is 5.69 Å². The highest BCUT2D eigenvalue weighted by atomic mass is 79.9. The Kier molecular flexibility index (Phi) is 7.26. The zero-order chi connectivity index (χ0) is 24.3. The quantitative estimate of drug-likeness (QED) is 0.372. The Morgan fingerprint density at radius 1 is 1.15 bits per heavy atom. The summed E-state index contributed by atoms with van der Waals surface area (Å²) >= 11 is 3.38. The molecule has 0 aliphatic carbocycles. The number of aromatic nitrogens is 4. The molecule has 2 aromatic heterocycles. The molecule has 0 radical (unpaired) electrons. The lowest BCUT2D eigenvalue weighted by molar-refractivity contribution is 0.00632. The molecule has 0 amide bonds. The van der Waals surface area contributed by atoms with Crippen LogP contribution in [0.3, 0.4) is 0 Å². The second-order valence-electron chi connectivity index (χ2n) is 8.60. The number of carbonyl (C=O) groups is 2. The summed E-state index contributed by atoms with van der Waals surface area (Å²) in [6, 6.07) is 7.66. The number of rotatable bonds is 7. The maximum Gasteiger partial charge on any atom is 0.374 e. The number of hydrogen-bond donors (Lipinski definition) is 1. The zero-order valence-electron chi connectivity index (χ0n) is 19.4. The maximum absolute atomic E-state index is 12.5. The summed E-state index contributed by atoms with van der Waals surface area (Å²) in [6.07, 6.45) is 1.48. The van der Waals surface area contributed by atoms with Crippen molar-refractivity contribution in [3.05, 3.63) is 63.4 Å². The van der Waals surface area contributed by atoms with Crippen LogP contribution in [-0.4, -0.2) is 43.5 Å². The Balaban J connectivity index is 1.87. The summed E-state index contributed by atoms with van der Waals surface area (Å²) in [5.74, 6) is -1.23. The molecule has 2 N–H and O–H groups in total. The van der Waals surface area contributed by atoms with Gasteiger partial charge in [-0.05, 0) is 73.8 Å². The standard InChI is InChI=1S/C23H28BrN5O4/c1-6-32-22(31)20-26-18(21(30)33-23(3,4)5)13-28(20)12-16-8-7-15(10-17(16)25)11-29-14(2)9-19(24)27-29/h7-10,13H,6,11-12,25H2,1-5H3. The Morgan fingerprint density at radius 2 is 1.88 bits per heavy atom. The molecule has 0 bridgehead atoms. The molecule has 0 aliphatic rings. The van der Waals surface area contributed by atoms with Gasteiger partial charge in [0.05, 0.1) is 19.7 Å². The summed E-state index contributed by atoms with van der Waals surface area (Å²) in [6.45, 7) is 9.98. The van der Waals surface area contributed by atoms with E-state index < -0.39 is 17.5 Å². The average Bonchev–Trinajstić information content (AvgIpc) is 3.26. The molecular formula is C23H28BrN5O4. The number of ether oxygens (including phenoxy) is 2. The summed E-state index contributed by atoms with van der Waals surface area (Å²) in [5, 5.41) is 4.40. The number of nitrogen functional groups attached to an aromatic ring is 1. The SMILES string of the molecule is CCOC(=O)c1nc(C(=O)OC(C)(C)C)cn1Cc1ccc(Cn2nc(Br)cc2C)cc1N. The highest BCUT2D eigenvalue weighted by Crippen LogP contribution is 2.20. The first-order valence-corrected chi connectivity index (χ1v) is 11.3. The van der Waals surface area contributed by atoms with Gasteiger partial charge in [-0.2, -0.15) is 5.10 Å². The van der Waals surface area contributed by atoms with Crippen molar-refractivity contribution in [1.82, 2.24) is 19.3 Å². The number of anilines is 1. The number of esters is 2. The van der Waals surface area contributed by atoms with Gasteiger partial charge < -0.3 is 19.8 Å². The number of nitrogens with zero attached hydrogens (tertiary/aromatic N) is 4. The van der Waals surface area contributed by atoms with Crippen LogP contribution in [0.1, 0.15) is 65.6 Å². The summed E-state index contributed by atoms with van der Waals surface area (Å²) in [5.41, 5.74) is 9.00. The van der Waals surface area contributed by atoms with Crippen LogP contribution < -0.4 is 5.73 Å². The molecule has 0 fully saturated rings. The number of hydrogen-bond acceptors (Lipinski definition) is 7. The molecule has 33 heavy (non-hydrogen) atoms. The molecule has 10 heteroatoms. The average molecular weight is 518 g/mol. The van der Waals surface area contributed by atoms with E-state index in [1.54, 1.807) is 32.3 Å². The number of carbonyl (C=O) groups excluding carboxylic acids is 2. The molecule has 3 rings (SSSR count). The smallest absolute Gasteiger partial charge is 0.374 e. The molecule has 1 aromatic carbocycles. The van der Waals surface area contributed by atoms with E-state index in [2.05, 4.69) is 26.0 Å². The Hall–Kier alpha value is -3.14. The largest absolute Gasteiger partial charge is 0.460 e. The minimum atomic E-state index is -0.687. The van der Waals surface area contributed by atoms with Crippen LogP contribution in [0.4, 0.5) is 5.69 Å². The predicted octanol–water partition coefficient (Wildman–Crippen LogP) is 3.96. The molecule has 0 atom stereocenters. The van der Waals surface area contributed by atoms with Crippen molar-refractivity contribution >= 4 is 33.6 Å². The van der Waals surface area contributed by atoms with Gasteiger partial charge in [0.2, 0.25) is 5.82 Å².